The van der Waals surface area contributed by atoms with E-state index in [0.717, 1.165) is 18.4 Å². The third kappa shape index (κ3) is 1.88. The van der Waals surface area contributed by atoms with E-state index in [1.807, 2.05) is 31.2 Å². The first kappa shape index (κ1) is 15.5. The molecule has 2 bridgehead atoms. The van der Waals surface area contributed by atoms with Crippen LogP contribution in [0.25, 0.3) is 0 Å². The fraction of sp³-hybridized carbons (Fsp3) is 0.556. The molecule has 3 rings (SSSR count). The molecule has 0 heterocycles. The van der Waals surface area contributed by atoms with E-state index in [-0.39, 0.29) is 22.5 Å². The number of hydrogen-bond acceptors (Lipinski definition) is 2. The fourth-order valence-electron chi connectivity index (χ4n) is 4.31. The van der Waals surface area contributed by atoms with Crippen molar-refractivity contribution in [1.82, 2.24) is 5.32 Å². The van der Waals surface area contributed by atoms with E-state index < -0.39 is 5.41 Å². The van der Waals surface area contributed by atoms with Gasteiger partial charge in [0.25, 0.3) is 0 Å². The zero-order valence-corrected chi connectivity index (χ0v) is 14.1. The van der Waals surface area contributed by atoms with Gasteiger partial charge in [-0.05, 0) is 36.0 Å². The van der Waals surface area contributed by atoms with Crippen LogP contribution in [0.5, 0.6) is 0 Å². The Morgan fingerprint density at radius 1 is 1.18 bits per heavy atom. The molecular weight excluding hydrogens is 298 g/mol. The quantitative estimate of drug-likeness (QED) is 0.922. The van der Waals surface area contributed by atoms with E-state index in [1.54, 1.807) is 0 Å². The van der Waals surface area contributed by atoms with Gasteiger partial charge in [0, 0.05) is 23.4 Å². The maximum absolute atomic E-state index is 12.9. The molecule has 1 aromatic rings. The summed E-state index contributed by atoms with van der Waals surface area (Å²) in [4.78, 5) is 25.3. The van der Waals surface area contributed by atoms with E-state index in [1.165, 1.54) is 0 Å². The largest absolute Gasteiger partial charge is 0.352 e. The van der Waals surface area contributed by atoms with E-state index >= 15 is 0 Å². The van der Waals surface area contributed by atoms with Crippen molar-refractivity contribution in [1.29, 1.82) is 0 Å². The summed E-state index contributed by atoms with van der Waals surface area (Å²) in [6.07, 6.45) is 1.99. The Morgan fingerprint density at radius 2 is 1.82 bits per heavy atom. The molecule has 0 aliphatic heterocycles. The minimum Gasteiger partial charge on any atom is -0.352 e. The van der Waals surface area contributed by atoms with Gasteiger partial charge in [0.05, 0.1) is 5.41 Å². The van der Waals surface area contributed by atoms with Gasteiger partial charge < -0.3 is 5.32 Å². The highest BCUT2D eigenvalue weighted by Crippen LogP contribution is 2.70. The molecule has 3 nitrogen and oxygen atoms in total. The second-order valence-electron chi connectivity index (χ2n) is 7.45. The molecule has 2 aliphatic carbocycles. The summed E-state index contributed by atoms with van der Waals surface area (Å²) in [7, 11) is 0. The number of rotatable bonds is 3. The van der Waals surface area contributed by atoms with Gasteiger partial charge in [-0.1, -0.05) is 44.5 Å². The molecular formula is C18H22ClNO2. The Morgan fingerprint density at radius 3 is 2.32 bits per heavy atom. The molecule has 0 spiro atoms. The lowest BCUT2D eigenvalue weighted by atomic mass is 9.64. The summed E-state index contributed by atoms with van der Waals surface area (Å²) in [6.45, 7) is 6.65. The molecule has 2 fully saturated rings. The Kier molecular flexibility index (Phi) is 3.41. The highest BCUT2D eigenvalue weighted by atomic mass is 35.5. The van der Waals surface area contributed by atoms with Crippen LogP contribution in [-0.4, -0.2) is 11.7 Å². The molecule has 1 amide bonds. The second-order valence-corrected chi connectivity index (χ2v) is 7.88. The number of fused-ring (bicyclic) bond motifs is 2. The maximum Gasteiger partial charge on any atom is 0.227 e. The summed E-state index contributed by atoms with van der Waals surface area (Å²) in [5.41, 5.74) is -0.186. The SMILES string of the molecule is CC12CCC(C(=O)NCc3ccc(Cl)cc3)(CC1=O)C2(C)C. The molecule has 0 saturated heterocycles. The summed E-state index contributed by atoms with van der Waals surface area (Å²) in [5.74, 6) is 0.257. The third-order valence-corrected chi connectivity index (χ3v) is 6.76. The van der Waals surface area contributed by atoms with Crippen molar-refractivity contribution in [3.8, 4) is 0 Å². The van der Waals surface area contributed by atoms with Crippen LogP contribution in [-0.2, 0) is 16.1 Å². The van der Waals surface area contributed by atoms with Crippen molar-refractivity contribution >= 4 is 23.3 Å². The van der Waals surface area contributed by atoms with Gasteiger partial charge in [-0.15, -0.1) is 0 Å². The molecule has 0 radical (unpaired) electrons. The van der Waals surface area contributed by atoms with Crippen LogP contribution in [0.4, 0.5) is 0 Å². The van der Waals surface area contributed by atoms with E-state index in [0.29, 0.717) is 18.0 Å². The fourth-order valence-corrected chi connectivity index (χ4v) is 4.44. The lowest BCUT2D eigenvalue weighted by molar-refractivity contribution is -0.136. The van der Waals surface area contributed by atoms with Crippen molar-refractivity contribution in [3.05, 3.63) is 34.9 Å². The van der Waals surface area contributed by atoms with Crippen molar-refractivity contribution in [3.63, 3.8) is 0 Å². The smallest absolute Gasteiger partial charge is 0.227 e. The molecule has 2 saturated carbocycles. The minimum atomic E-state index is -0.550. The molecule has 118 valence electrons. The van der Waals surface area contributed by atoms with Gasteiger partial charge in [-0.2, -0.15) is 0 Å². The van der Waals surface area contributed by atoms with Gasteiger partial charge in [0.2, 0.25) is 5.91 Å². The van der Waals surface area contributed by atoms with E-state index in [2.05, 4.69) is 19.2 Å². The van der Waals surface area contributed by atoms with Crippen LogP contribution in [0.1, 0.15) is 45.6 Å². The van der Waals surface area contributed by atoms with Crippen LogP contribution in [0.3, 0.4) is 0 Å². The molecule has 4 heteroatoms. The topological polar surface area (TPSA) is 46.2 Å². The number of Topliss-reactive ketones (excluding diaryl/α,β-unsaturated/α-hetero) is 1. The first-order chi connectivity index (χ1) is 10.2. The van der Waals surface area contributed by atoms with Crippen molar-refractivity contribution in [2.24, 2.45) is 16.2 Å². The number of benzene rings is 1. The zero-order valence-electron chi connectivity index (χ0n) is 13.3. The van der Waals surface area contributed by atoms with E-state index in [4.69, 9.17) is 11.6 Å². The molecule has 1 aromatic carbocycles. The van der Waals surface area contributed by atoms with Gasteiger partial charge in [0.15, 0.2) is 0 Å². The van der Waals surface area contributed by atoms with Gasteiger partial charge >= 0.3 is 0 Å². The Balaban J connectivity index is 1.78. The average Bonchev–Trinajstić information content (AvgIpc) is 2.77. The summed E-state index contributed by atoms with van der Waals surface area (Å²) in [6, 6.07) is 7.45. The van der Waals surface area contributed by atoms with Crippen LogP contribution < -0.4 is 5.32 Å². The number of halogens is 1. The highest BCUT2D eigenvalue weighted by molar-refractivity contribution is 6.30. The standard InChI is InChI=1S/C18H22ClNO2/c1-16(2)17(3)8-9-18(16,10-14(17)21)15(22)20-11-12-4-6-13(19)7-5-12/h4-7H,8-11H2,1-3H3,(H,20,22). The van der Waals surface area contributed by atoms with Crippen LogP contribution in [0.15, 0.2) is 24.3 Å². The molecule has 1 N–H and O–H groups in total. The minimum absolute atomic E-state index is 0.0158. The van der Waals surface area contributed by atoms with Gasteiger partial charge in [0.1, 0.15) is 5.78 Å². The molecule has 22 heavy (non-hydrogen) atoms. The maximum atomic E-state index is 12.9. The number of hydrogen-bond donors (Lipinski definition) is 1. The van der Waals surface area contributed by atoms with E-state index in [9.17, 15) is 9.59 Å². The van der Waals surface area contributed by atoms with Crippen molar-refractivity contribution in [2.75, 3.05) is 0 Å². The number of nitrogens with one attached hydrogen (secondary N) is 1. The normalized spacial score (nSPS) is 32.3. The lowest BCUT2D eigenvalue weighted by Crippen LogP contribution is -2.46. The first-order valence-electron chi connectivity index (χ1n) is 7.79. The monoisotopic (exact) mass is 319 g/mol. The number of ketones is 1. The summed E-state index contributed by atoms with van der Waals surface area (Å²) < 4.78 is 0. The van der Waals surface area contributed by atoms with Crippen molar-refractivity contribution in [2.45, 2.75) is 46.6 Å². The summed E-state index contributed by atoms with van der Waals surface area (Å²) in [5, 5.41) is 3.72. The molecule has 2 aliphatic rings. The Labute approximate surface area is 136 Å². The predicted octanol–water partition coefficient (Wildman–Crippen LogP) is 3.74. The van der Waals surface area contributed by atoms with Crippen molar-refractivity contribution < 1.29 is 9.59 Å². The third-order valence-electron chi connectivity index (χ3n) is 6.51. The number of carbonyl (C=O) groups is 2. The molecule has 2 atom stereocenters. The lowest BCUT2D eigenvalue weighted by Gasteiger charge is -2.38. The zero-order chi connectivity index (χ0) is 16.2. The predicted molar refractivity (Wildman–Crippen MR) is 86.5 cm³/mol. The number of carbonyl (C=O) groups excluding carboxylic acids is 2. The van der Waals surface area contributed by atoms with Gasteiger partial charge in [-0.25, -0.2) is 0 Å². The first-order valence-corrected chi connectivity index (χ1v) is 8.17. The average molecular weight is 320 g/mol. The molecule has 0 aromatic heterocycles. The Hall–Kier alpha value is -1.35. The highest BCUT2D eigenvalue weighted by Gasteiger charge is 2.72. The van der Waals surface area contributed by atoms with Crippen LogP contribution in [0, 0.1) is 16.2 Å². The molecule has 2 unspecified atom stereocenters. The van der Waals surface area contributed by atoms with Crippen LogP contribution >= 0.6 is 11.6 Å². The van der Waals surface area contributed by atoms with Gasteiger partial charge in [-0.3, -0.25) is 9.59 Å². The summed E-state index contributed by atoms with van der Waals surface area (Å²) >= 11 is 5.87. The number of amides is 1. The second kappa shape index (κ2) is 4.82. The van der Waals surface area contributed by atoms with Crippen LogP contribution in [0.2, 0.25) is 5.02 Å². The Bertz CT molecular complexity index is 637.